The minimum Gasteiger partial charge on any atom is -0.337 e. The zero-order valence-electron chi connectivity index (χ0n) is 30.9. The van der Waals surface area contributed by atoms with Crippen LogP contribution in [0.15, 0.2) is 212 Å². The molecule has 7 rings (SSSR count). The Hall–Kier alpha value is -6.18. The van der Waals surface area contributed by atoms with Crippen molar-refractivity contribution in [2.45, 2.75) is 26.7 Å². The molecule has 0 saturated heterocycles. The van der Waals surface area contributed by atoms with Crippen molar-refractivity contribution in [1.82, 2.24) is 0 Å². The van der Waals surface area contributed by atoms with Crippen LogP contribution in [-0.4, -0.2) is 6.54 Å². The van der Waals surface area contributed by atoms with Crippen molar-refractivity contribution in [3.05, 3.63) is 229 Å². The van der Waals surface area contributed by atoms with Crippen molar-refractivity contribution in [3.8, 4) is 0 Å². The maximum atomic E-state index is 4.29. The predicted octanol–water partition coefficient (Wildman–Crippen LogP) is 14.2. The SMILES string of the molecule is C=C/C(=C(\C=C/CN(c1ccc(C2=C/C/C=C\C=C/C(=C)/C=C\2)cc1)c1cc2ccccc2c2ccccc12)C1=CCC(C)C=C1)c1ccc(C)cc1. The molecule has 5 aromatic carbocycles. The van der Waals surface area contributed by atoms with E-state index in [9.17, 15) is 0 Å². The van der Waals surface area contributed by atoms with Gasteiger partial charge in [-0.2, -0.15) is 0 Å². The third-order valence-corrected chi connectivity index (χ3v) is 10.1. The number of nitrogens with zero attached hydrogens (tertiary/aromatic N) is 1. The Morgan fingerprint density at radius 3 is 2.28 bits per heavy atom. The highest BCUT2D eigenvalue weighted by atomic mass is 15.1. The van der Waals surface area contributed by atoms with Gasteiger partial charge in [-0.15, -0.1) is 0 Å². The Labute approximate surface area is 315 Å². The zero-order chi connectivity index (χ0) is 36.6. The van der Waals surface area contributed by atoms with Gasteiger partial charge in [-0.05, 0) is 99.0 Å². The zero-order valence-corrected chi connectivity index (χ0v) is 30.9. The molecule has 1 atom stereocenters. The normalized spacial score (nSPS) is 19.3. The summed E-state index contributed by atoms with van der Waals surface area (Å²) >= 11 is 0. The topological polar surface area (TPSA) is 3.24 Å². The average molecular weight is 686 g/mol. The standard InChI is InChI=1S/C52H47N/c1-5-47(43-28-23-39(3)24-29-43)48(44-30-25-40(4)26-31-44)21-14-36-53(52-37-45-17-10-11-18-49(45)50-19-12-13-20-51(50)52)46-34-32-42(33-35-46)41-16-9-7-6-8-15-38(2)22-27-41/h5-8,10-25,27-35,37,40H,1-2,9,26,36H2,3-4H3/b7-6-,15-8-,21-14-,27-22-,41-16+,48-47-. The van der Waals surface area contributed by atoms with Crippen LogP contribution < -0.4 is 4.90 Å². The van der Waals surface area contributed by atoms with Gasteiger partial charge < -0.3 is 4.90 Å². The summed E-state index contributed by atoms with van der Waals surface area (Å²) in [5.41, 5.74) is 11.6. The summed E-state index contributed by atoms with van der Waals surface area (Å²) < 4.78 is 0. The average Bonchev–Trinajstić information content (AvgIpc) is 3.19. The Morgan fingerprint density at radius 1 is 0.774 bits per heavy atom. The molecule has 1 nitrogen and oxygen atoms in total. The van der Waals surface area contributed by atoms with E-state index in [2.05, 4.69) is 196 Å². The quantitative estimate of drug-likeness (QED) is 0.110. The van der Waals surface area contributed by atoms with E-state index in [0.717, 1.165) is 29.7 Å². The second-order valence-corrected chi connectivity index (χ2v) is 13.9. The molecule has 0 heterocycles. The van der Waals surface area contributed by atoms with Crippen molar-refractivity contribution < 1.29 is 0 Å². The van der Waals surface area contributed by atoms with Crippen LogP contribution in [0.1, 0.15) is 36.5 Å². The van der Waals surface area contributed by atoms with Gasteiger partial charge in [0.2, 0.25) is 0 Å². The van der Waals surface area contributed by atoms with Crippen LogP contribution in [0, 0.1) is 12.8 Å². The molecule has 0 N–H and O–H groups in total. The number of benzene rings is 5. The van der Waals surface area contributed by atoms with Crippen molar-refractivity contribution >= 4 is 44.1 Å². The molecule has 0 fully saturated rings. The summed E-state index contributed by atoms with van der Waals surface area (Å²) in [5.74, 6) is 0.532. The molecule has 0 amide bonds. The van der Waals surface area contributed by atoms with Gasteiger partial charge in [0.25, 0.3) is 0 Å². The highest BCUT2D eigenvalue weighted by Crippen LogP contribution is 2.38. The molecule has 5 aromatic rings. The van der Waals surface area contributed by atoms with Crippen LogP contribution in [-0.2, 0) is 0 Å². The first-order chi connectivity index (χ1) is 26.0. The fraction of sp³-hybridized carbons (Fsp3) is 0.115. The van der Waals surface area contributed by atoms with E-state index in [0.29, 0.717) is 12.5 Å². The maximum absolute atomic E-state index is 4.29. The molecule has 0 radical (unpaired) electrons. The van der Waals surface area contributed by atoms with Crippen molar-refractivity contribution in [2.75, 3.05) is 11.4 Å². The highest BCUT2D eigenvalue weighted by Gasteiger charge is 2.16. The molecule has 53 heavy (non-hydrogen) atoms. The summed E-state index contributed by atoms with van der Waals surface area (Å²) in [4.78, 5) is 2.45. The molecule has 0 spiro atoms. The van der Waals surface area contributed by atoms with Gasteiger partial charge in [0, 0.05) is 23.3 Å². The van der Waals surface area contributed by atoms with Crippen LogP contribution in [0.4, 0.5) is 11.4 Å². The fourth-order valence-electron chi connectivity index (χ4n) is 7.16. The molecule has 2 aliphatic carbocycles. The number of rotatable bonds is 9. The molecule has 1 unspecified atom stereocenters. The molecular formula is C52H47N. The van der Waals surface area contributed by atoms with E-state index in [1.54, 1.807) is 0 Å². The maximum Gasteiger partial charge on any atom is 0.0499 e. The first-order valence-electron chi connectivity index (χ1n) is 18.7. The second-order valence-electron chi connectivity index (χ2n) is 13.9. The predicted molar refractivity (Wildman–Crippen MR) is 232 cm³/mol. The molecule has 0 aromatic heterocycles. The van der Waals surface area contributed by atoms with Crippen molar-refractivity contribution in [1.29, 1.82) is 0 Å². The first kappa shape index (κ1) is 35.2. The molecule has 1 heteroatoms. The Kier molecular flexibility index (Phi) is 10.9. The molecule has 0 saturated carbocycles. The van der Waals surface area contributed by atoms with Crippen LogP contribution in [0.25, 0.3) is 32.7 Å². The number of hydrogen-bond acceptors (Lipinski definition) is 1. The largest absolute Gasteiger partial charge is 0.337 e. The highest BCUT2D eigenvalue weighted by molar-refractivity contribution is 6.13. The number of aryl methyl sites for hydroxylation is 1. The molecule has 260 valence electrons. The van der Waals surface area contributed by atoms with Crippen LogP contribution in [0.2, 0.25) is 0 Å². The minimum atomic E-state index is 0.532. The van der Waals surface area contributed by atoms with E-state index in [1.165, 1.54) is 60.6 Å². The smallest absolute Gasteiger partial charge is 0.0499 e. The fourth-order valence-corrected chi connectivity index (χ4v) is 7.16. The number of fused-ring (bicyclic) bond motifs is 3. The van der Waals surface area contributed by atoms with E-state index < -0.39 is 0 Å². The van der Waals surface area contributed by atoms with Crippen molar-refractivity contribution in [2.24, 2.45) is 5.92 Å². The van der Waals surface area contributed by atoms with Crippen LogP contribution in [0.3, 0.4) is 0 Å². The van der Waals surface area contributed by atoms with Gasteiger partial charge in [-0.25, -0.2) is 0 Å². The molecule has 0 bridgehead atoms. The van der Waals surface area contributed by atoms with Gasteiger partial charge in [0.15, 0.2) is 0 Å². The van der Waals surface area contributed by atoms with Gasteiger partial charge >= 0.3 is 0 Å². The van der Waals surface area contributed by atoms with E-state index in [-0.39, 0.29) is 0 Å². The van der Waals surface area contributed by atoms with Crippen LogP contribution >= 0.6 is 0 Å². The Morgan fingerprint density at radius 2 is 1.53 bits per heavy atom. The lowest BCUT2D eigenvalue weighted by Gasteiger charge is -2.27. The summed E-state index contributed by atoms with van der Waals surface area (Å²) in [6.45, 7) is 13.5. The van der Waals surface area contributed by atoms with Gasteiger partial charge in [-0.3, -0.25) is 0 Å². The minimum absolute atomic E-state index is 0.532. The van der Waals surface area contributed by atoms with E-state index in [4.69, 9.17) is 0 Å². The van der Waals surface area contributed by atoms with Gasteiger partial charge in [0.1, 0.15) is 0 Å². The van der Waals surface area contributed by atoms with Gasteiger partial charge in [-0.1, -0.05) is 190 Å². The third-order valence-electron chi connectivity index (χ3n) is 10.1. The monoisotopic (exact) mass is 685 g/mol. The summed E-state index contributed by atoms with van der Waals surface area (Å²) in [5, 5.41) is 4.98. The third kappa shape index (κ3) is 8.16. The number of anilines is 2. The molecule has 0 aliphatic heterocycles. The van der Waals surface area contributed by atoms with Gasteiger partial charge in [0.05, 0.1) is 0 Å². The van der Waals surface area contributed by atoms with Crippen molar-refractivity contribution in [3.63, 3.8) is 0 Å². The second kappa shape index (κ2) is 16.4. The van der Waals surface area contributed by atoms with E-state index >= 15 is 0 Å². The summed E-state index contributed by atoms with van der Waals surface area (Å²) in [6, 6.07) is 37.6. The number of hydrogen-bond donors (Lipinski definition) is 0. The summed E-state index contributed by atoms with van der Waals surface area (Å²) in [6.07, 6.45) is 30.4. The van der Waals surface area contributed by atoms with E-state index in [1.807, 2.05) is 18.2 Å². The van der Waals surface area contributed by atoms with Crippen LogP contribution in [0.5, 0.6) is 0 Å². The lowest BCUT2D eigenvalue weighted by Crippen LogP contribution is -2.17. The summed E-state index contributed by atoms with van der Waals surface area (Å²) in [7, 11) is 0. The molecular weight excluding hydrogens is 639 g/mol. The lowest BCUT2D eigenvalue weighted by atomic mass is 9.88. The number of allylic oxidation sites excluding steroid dienone is 17. The Balaban J connectivity index is 1.33. The Bertz CT molecular complexity index is 2400. The lowest BCUT2D eigenvalue weighted by molar-refractivity contribution is 0.732. The molecule has 2 aliphatic rings. The first-order valence-corrected chi connectivity index (χ1v) is 18.7.